The summed E-state index contributed by atoms with van der Waals surface area (Å²) in [5, 5.41) is 0. The van der Waals surface area contributed by atoms with Crippen molar-refractivity contribution in [3.8, 4) is 0 Å². The SMILES string of the molecule is O=C1/C(=C\c2ccc(S(=O)(=O)[O-])cc2S(=O)(=O)[O-])Sc2ccccc21.[K+].[K+]. The molecule has 0 bridgehead atoms. The molecule has 0 saturated heterocycles. The number of fused-ring (bicyclic) bond motifs is 1. The first kappa shape index (κ1) is 26.3. The smallest absolute Gasteiger partial charge is 0.744 e. The molecule has 0 radical (unpaired) electrons. The molecule has 0 amide bonds. The summed E-state index contributed by atoms with van der Waals surface area (Å²) < 4.78 is 67.4. The molecule has 27 heavy (non-hydrogen) atoms. The Balaban J connectivity index is 0.00000182. The number of carbonyl (C=O) groups is 1. The Hall–Kier alpha value is 1.29. The average Bonchev–Trinajstić information content (AvgIpc) is 2.82. The van der Waals surface area contributed by atoms with E-state index in [1.807, 2.05) is 0 Å². The third kappa shape index (κ3) is 6.15. The van der Waals surface area contributed by atoms with Crippen LogP contribution < -0.4 is 103 Å². The van der Waals surface area contributed by atoms with Crippen LogP contribution in [0.4, 0.5) is 0 Å². The summed E-state index contributed by atoms with van der Waals surface area (Å²) in [7, 11) is -9.99. The topological polar surface area (TPSA) is 131 Å². The van der Waals surface area contributed by atoms with Crippen molar-refractivity contribution in [3.05, 3.63) is 58.5 Å². The molecular formula is C15H8K2O7S3. The van der Waals surface area contributed by atoms with Crippen LogP contribution in [0.3, 0.4) is 0 Å². The van der Waals surface area contributed by atoms with Crippen LogP contribution in [-0.2, 0) is 20.2 Å². The zero-order chi connectivity index (χ0) is 18.4. The molecule has 3 rings (SSSR count). The van der Waals surface area contributed by atoms with E-state index < -0.39 is 30.0 Å². The van der Waals surface area contributed by atoms with Crippen molar-refractivity contribution in [1.29, 1.82) is 0 Å². The summed E-state index contributed by atoms with van der Waals surface area (Å²) in [6, 6.07) is 9.17. The third-order valence-electron chi connectivity index (χ3n) is 3.41. The number of hydrogen-bond acceptors (Lipinski definition) is 8. The summed E-state index contributed by atoms with van der Waals surface area (Å²) in [6.45, 7) is 0. The quantitative estimate of drug-likeness (QED) is 0.249. The summed E-state index contributed by atoms with van der Waals surface area (Å²) in [4.78, 5) is 11.5. The molecule has 0 spiro atoms. The Morgan fingerprint density at radius 2 is 1.52 bits per heavy atom. The number of allylic oxidation sites excluding steroid dienone is 1. The molecule has 130 valence electrons. The van der Waals surface area contributed by atoms with Crippen LogP contribution >= 0.6 is 11.8 Å². The van der Waals surface area contributed by atoms with Crippen molar-refractivity contribution in [3.63, 3.8) is 0 Å². The van der Waals surface area contributed by atoms with Crippen LogP contribution in [0, 0.1) is 0 Å². The molecule has 0 N–H and O–H groups in total. The molecule has 0 atom stereocenters. The Bertz CT molecular complexity index is 1140. The van der Waals surface area contributed by atoms with Crippen LogP contribution in [0.2, 0.25) is 0 Å². The molecule has 0 aromatic heterocycles. The zero-order valence-electron chi connectivity index (χ0n) is 14.2. The number of hydrogen-bond donors (Lipinski definition) is 0. The van der Waals surface area contributed by atoms with Crippen molar-refractivity contribution in [2.45, 2.75) is 14.7 Å². The van der Waals surface area contributed by atoms with Gasteiger partial charge in [0.05, 0.1) is 14.7 Å². The maximum Gasteiger partial charge on any atom is 1.00 e. The number of rotatable bonds is 3. The average molecular weight is 475 g/mol. The van der Waals surface area contributed by atoms with E-state index in [-0.39, 0.29) is 119 Å². The number of benzene rings is 2. The van der Waals surface area contributed by atoms with Gasteiger partial charge in [-0.1, -0.05) is 30.0 Å². The van der Waals surface area contributed by atoms with Crippen LogP contribution in [0.15, 0.2) is 62.1 Å². The van der Waals surface area contributed by atoms with Crippen molar-refractivity contribution in [2.75, 3.05) is 0 Å². The fourth-order valence-corrected chi connectivity index (χ4v) is 4.58. The molecule has 1 aliphatic heterocycles. The minimum Gasteiger partial charge on any atom is -0.744 e. The van der Waals surface area contributed by atoms with Gasteiger partial charge in [0.1, 0.15) is 20.2 Å². The maximum atomic E-state index is 12.3. The molecule has 1 heterocycles. The van der Waals surface area contributed by atoms with Gasteiger partial charge in [-0.2, -0.15) is 0 Å². The fraction of sp³-hybridized carbons (Fsp3) is 0. The first-order valence-electron chi connectivity index (χ1n) is 6.66. The molecule has 0 saturated carbocycles. The molecule has 2 aromatic carbocycles. The van der Waals surface area contributed by atoms with E-state index in [1.54, 1.807) is 24.3 Å². The number of thioether (sulfide) groups is 1. The number of carbonyl (C=O) groups excluding carboxylic acids is 1. The Labute approximate surface area is 245 Å². The third-order valence-corrected chi connectivity index (χ3v) is 6.23. The van der Waals surface area contributed by atoms with E-state index in [4.69, 9.17) is 0 Å². The van der Waals surface area contributed by atoms with Crippen molar-refractivity contribution in [1.82, 2.24) is 0 Å². The molecule has 0 aliphatic carbocycles. The van der Waals surface area contributed by atoms with E-state index in [0.29, 0.717) is 16.5 Å². The van der Waals surface area contributed by atoms with E-state index in [9.17, 15) is 30.7 Å². The second kappa shape index (κ2) is 10.1. The zero-order valence-corrected chi connectivity index (χ0v) is 22.9. The minimum absolute atomic E-state index is 0. The summed E-state index contributed by atoms with van der Waals surface area (Å²) in [6.07, 6.45) is 1.19. The summed E-state index contributed by atoms with van der Waals surface area (Å²) >= 11 is 1.10. The van der Waals surface area contributed by atoms with E-state index in [1.165, 1.54) is 6.08 Å². The summed E-state index contributed by atoms with van der Waals surface area (Å²) in [5.74, 6) is -0.338. The first-order chi connectivity index (χ1) is 11.6. The number of Topliss-reactive ketones (excluding diaryl/α,β-unsaturated/α-hetero) is 1. The van der Waals surface area contributed by atoms with E-state index in [2.05, 4.69) is 0 Å². The maximum absolute atomic E-state index is 12.3. The van der Waals surface area contributed by atoms with Crippen LogP contribution in [-0.4, -0.2) is 31.7 Å². The second-order valence-electron chi connectivity index (χ2n) is 5.04. The van der Waals surface area contributed by atoms with Gasteiger partial charge in [-0.15, -0.1) is 0 Å². The monoisotopic (exact) mass is 474 g/mol. The molecule has 0 fully saturated rings. The Kier molecular flexibility index (Phi) is 9.82. The molecule has 0 unspecified atom stereocenters. The van der Waals surface area contributed by atoms with Crippen LogP contribution in [0.25, 0.3) is 6.08 Å². The van der Waals surface area contributed by atoms with Gasteiger partial charge in [-0.05, 0) is 35.9 Å². The predicted octanol–water partition coefficient (Wildman–Crippen LogP) is -4.17. The second-order valence-corrected chi connectivity index (χ2v) is 8.86. The van der Waals surface area contributed by atoms with Gasteiger partial charge < -0.3 is 9.11 Å². The van der Waals surface area contributed by atoms with Gasteiger partial charge >= 0.3 is 103 Å². The van der Waals surface area contributed by atoms with Crippen LogP contribution in [0.1, 0.15) is 15.9 Å². The predicted molar refractivity (Wildman–Crippen MR) is 87.0 cm³/mol. The Morgan fingerprint density at radius 1 is 0.889 bits per heavy atom. The largest absolute Gasteiger partial charge is 1.00 e. The van der Waals surface area contributed by atoms with Gasteiger partial charge in [0.2, 0.25) is 5.78 Å². The first-order valence-corrected chi connectivity index (χ1v) is 10.3. The molecular weight excluding hydrogens is 467 g/mol. The fourth-order valence-electron chi connectivity index (χ4n) is 2.28. The van der Waals surface area contributed by atoms with Crippen LogP contribution in [0.5, 0.6) is 0 Å². The van der Waals surface area contributed by atoms with Gasteiger partial charge in [-0.3, -0.25) is 4.79 Å². The van der Waals surface area contributed by atoms with Crippen molar-refractivity contribution < 1.29 is 134 Å². The van der Waals surface area contributed by atoms with Gasteiger partial charge in [0, 0.05) is 10.5 Å². The van der Waals surface area contributed by atoms with Crippen molar-refractivity contribution in [2.24, 2.45) is 0 Å². The van der Waals surface area contributed by atoms with Crippen molar-refractivity contribution >= 4 is 43.9 Å². The van der Waals surface area contributed by atoms with E-state index in [0.717, 1.165) is 23.9 Å². The minimum atomic E-state index is -5.06. The van der Waals surface area contributed by atoms with E-state index >= 15 is 0 Å². The number of ketones is 1. The molecule has 2 aromatic rings. The van der Waals surface area contributed by atoms with Gasteiger partial charge in [0.25, 0.3) is 0 Å². The standard InChI is InChI=1S/C15H10O7S3.2K/c16-15-11-3-1-2-4-12(11)23-13(15)7-9-5-6-10(24(17,18)19)8-14(9)25(20,21)22;;/h1-8H,(H,17,18,19)(H,20,21,22);;/q;2*+1/p-2/b13-7+;;. The summed E-state index contributed by atoms with van der Waals surface area (Å²) in [5.41, 5.74) is 0.287. The van der Waals surface area contributed by atoms with Gasteiger partial charge in [0.15, 0.2) is 0 Å². The molecule has 1 aliphatic rings. The molecule has 7 nitrogen and oxygen atoms in total. The molecule has 12 heteroatoms. The van der Waals surface area contributed by atoms with Gasteiger partial charge in [-0.25, -0.2) is 16.8 Å². The normalized spacial score (nSPS) is 15.0. The Morgan fingerprint density at radius 3 is 2.07 bits per heavy atom.